The molecule has 0 radical (unpaired) electrons. The number of ether oxygens (including phenoxy) is 2. The number of fused-ring (bicyclic) bond motifs is 1. The Labute approximate surface area is 210 Å². The minimum atomic E-state index is -3.80. The first-order chi connectivity index (χ1) is 16.5. The van der Waals surface area contributed by atoms with E-state index in [9.17, 15) is 22.8 Å². The maximum Gasteiger partial charge on any atom is 0.424 e. The third kappa shape index (κ3) is 6.40. The number of amides is 2. The van der Waals surface area contributed by atoms with Gasteiger partial charge in [0.15, 0.2) is 0 Å². The predicted molar refractivity (Wildman–Crippen MR) is 134 cm³/mol. The van der Waals surface area contributed by atoms with Crippen LogP contribution >= 0.6 is 0 Å². The van der Waals surface area contributed by atoms with Crippen molar-refractivity contribution >= 4 is 38.7 Å². The standard InChI is InChI=1S/C24H34N4O7S/c1-23(2,3)34-21(30)28(22(31)35-24(4,5)6)17-13-18(29)27(15-11-9-8-10-12-15)19-16(17)14-25-20(26-19)36(7,32)33/h13-15H,8-12H2,1-7H3. The lowest BCUT2D eigenvalue weighted by Crippen LogP contribution is -2.44. The number of hydrogen-bond acceptors (Lipinski definition) is 9. The summed E-state index contributed by atoms with van der Waals surface area (Å²) in [5, 5.41) is -0.318. The maximum absolute atomic E-state index is 13.5. The van der Waals surface area contributed by atoms with E-state index in [1.807, 2.05) is 0 Å². The largest absolute Gasteiger partial charge is 0.443 e. The lowest BCUT2D eigenvalue weighted by atomic mass is 9.95. The van der Waals surface area contributed by atoms with Crippen molar-refractivity contribution in [3.63, 3.8) is 0 Å². The summed E-state index contributed by atoms with van der Waals surface area (Å²) in [6.07, 6.45) is 4.35. The molecule has 1 aliphatic carbocycles. The summed E-state index contributed by atoms with van der Waals surface area (Å²) < 4.78 is 36.8. The van der Waals surface area contributed by atoms with E-state index < -0.39 is 43.9 Å². The quantitative estimate of drug-likeness (QED) is 0.538. The van der Waals surface area contributed by atoms with Gasteiger partial charge in [-0.2, -0.15) is 9.88 Å². The van der Waals surface area contributed by atoms with Gasteiger partial charge in [-0.25, -0.2) is 23.0 Å². The number of hydrogen-bond donors (Lipinski definition) is 0. The van der Waals surface area contributed by atoms with Crippen molar-refractivity contribution in [1.29, 1.82) is 0 Å². The number of carbonyl (C=O) groups excluding carboxylic acids is 2. The monoisotopic (exact) mass is 522 g/mol. The molecular formula is C24H34N4O7S. The first-order valence-corrected chi connectivity index (χ1v) is 13.8. The second-order valence-electron chi connectivity index (χ2n) is 11.0. The third-order valence-corrected chi connectivity index (χ3v) is 6.27. The van der Waals surface area contributed by atoms with Crippen molar-refractivity contribution in [2.75, 3.05) is 11.2 Å². The Morgan fingerprint density at radius 3 is 2.00 bits per heavy atom. The Hall–Kier alpha value is -3.02. The Kier molecular flexibility index (Phi) is 7.50. The number of carbonyl (C=O) groups is 2. The minimum Gasteiger partial charge on any atom is -0.443 e. The van der Waals surface area contributed by atoms with Crippen molar-refractivity contribution in [3.05, 3.63) is 22.6 Å². The minimum absolute atomic E-state index is 0.0249. The van der Waals surface area contributed by atoms with Crippen LogP contribution in [0.1, 0.15) is 79.7 Å². The summed E-state index contributed by atoms with van der Waals surface area (Å²) in [6, 6.07) is 0.940. The SMILES string of the molecule is CC(C)(C)OC(=O)N(C(=O)OC(C)(C)C)c1cc(=O)n(C2CCCCC2)c2nc(S(C)(=O)=O)ncc12. The van der Waals surface area contributed by atoms with Crippen LogP contribution in [0.3, 0.4) is 0 Å². The second kappa shape index (κ2) is 9.79. The normalized spacial score (nSPS) is 15.5. The van der Waals surface area contributed by atoms with Gasteiger partial charge in [0.05, 0.1) is 11.1 Å². The van der Waals surface area contributed by atoms with E-state index in [1.165, 1.54) is 10.8 Å². The van der Waals surface area contributed by atoms with Gasteiger partial charge in [-0.3, -0.25) is 9.36 Å². The molecule has 0 saturated heterocycles. The van der Waals surface area contributed by atoms with E-state index >= 15 is 0 Å². The van der Waals surface area contributed by atoms with Crippen LogP contribution in [0.2, 0.25) is 0 Å². The van der Waals surface area contributed by atoms with Crippen LogP contribution in [0.15, 0.2) is 22.2 Å². The molecule has 3 rings (SSSR count). The highest BCUT2D eigenvalue weighted by molar-refractivity contribution is 7.90. The van der Waals surface area contributed by atoms with Gasteiger partial charge in [-0.1, -0.05) is 19.3 Å². The van der Waals surface area contributed by atoms with Gasteiger partial charge >= 0.3 is 12.2 Å². The molecule has 0 spiro atoms. The second-order valence-corrected chi connectivity index (χ2v) is 12.9. The molecule has 1 fully saturated rings. The molecule has 0 aliphatic heterocycles. The molecule has 12 heteroatoms. The van der Waals surface area contributed by atoms with Gasteiger partial charge in [0.2, 0.25) is 15.0 Å². The van der Waals surface area contributed by atoms with E-state index in [1.54, 1.807) is 41.5 Å². The van der Waals surface area contributed by atoms with E-state index in [2.05, 4.69) is 9.97 Å². The third-order valence-electron chi connectivity index (χ3n) is 5.41. The molecule has 1 saturated carbocycles. The Morgan fingerprint density at radius 1 is 1.00 bits per heavy atom. The van der Waals surface area contributed by atoms with Gasteiger partial charge in [0, 0.05) is 24.6 Å². The summed E-state index contributed by atoms with van der Waals surface area (Å²) in [5.41, 5.74) is -2.56. The fourth-order valence-corrected chi connectivity index (χ4v) is 4.53. The van der Waals surface area contributed by atoms with Crippen LogP contribution in [0.4, 0.5) is 15.3 Å². The number of imide groups is 1. The van der Waals surface area contributed by atoms with Gasteiger partial charge in [-0.15, -0.1) is 0 Å². The topological polar surface area (TPSA) is 138 Å². The van der Waals surface area contributed by atoms with Crippen molar-refractivity contribution in [2.24, 2.45) is 0 Å². The molecule has 0 unspecified atom stereocenters. The summed E-state index contributed by atoms with van der Waals surface area (Å²) >= 11 is 0. The van der Waals surface area contributed by atoms with Crippen LogP contribution in [-0.2, 0) is 19.3 Å². The van der Waals surface area contributed by atoms with Crippen molar-refractivity contribution in [3.8, 4) is 0 Å². The van der Waals surface area contributed by atoms with Crippen LogP contribution in [-0.4, -0.2) is 52.6 Å². The van der Waals surface area contributed by atoms with Crippen LogP contribution in [0, 0.1) is 0 Å². The highest BCUT2D eigenvalue weighted by atomic mass is 32.2. The number of pyridine rings is 1. The molecule has 2 aromatic rings. The zero-order chi connectivity index (χ0) is 27.1. The number of aromatic nitrogens is 3. The number of nitrogens with zero attached hydrogens (tertiary/aromatic N) is 4. The van der Waals surface area contributed by atoms with E-state index in [0.29, 0.717) is 17.7 Å². The van der Waals surface area contributed by atoms with Crippen molar-refractivity contribution in [2.45, 2.75) is 96.0 Å². The van der Waals surface area contributed by atoms with E-state index in [4.69, 9.17) is 9.47 Å². The van der Waals surface area contributed by atoms with Crippen LogP contribution < -0.4 is 10.5 Å². The zero-order valence-electron chi connectivity index (χ0n) is 21.8. The molecule has 11 nitrogen and oxygen atoms in total. The molecule has 0 N–H and O–H groups in total. The van der Waals surface area contributed by atoms with Crippen molar-refractivity contribution < 1.29 is 27.5 Å². The molecule has 0 atom stereocenters. The predicted octanol–water partition coefficient (Wildman–Crippen LogP) is 4.38. The first-order valence-electron chi connectivity index (χ1n) is 11.9. The average molecular weight is 523 g/mol. The summed E-state index contributed by atoms with van der Waals surface area (Å²) in [7, 11) is -3.80. The number of rotatable bonds is 3. The molecule has 0 aromatic carbocycles. The van der Waals surface area contributed by atoms with Gasteiger partial charge < -0.3 is 9.47 Å². The lowest BCUT2D eigenvalue weighted by molar-refractivity contribution is 0.0431. The van der Waals surface area contributed by atoms with E-state index in [0.717, 1.165) is 31.6 Å². The highest BCUT2D eigenvalue weighted by Crippen LogP contribution is 2.33. The smallest absolute Gasteiger partial charge is 0.424 e. The molecule has 2 heterocycles. The molecule has 198 valence electrons. The Morgan fingerprint density at radius 2 is 1.53 bits per heavy atom. The van der Waals surface area contributed by atoms with E-state index in [-0.39, 0.29) is 22.8 Å². The summed E-state index contributed by atoms with van der Waals surface area (Å²) in [6.45, 7) is 9.83. The van der Waals surface area contributed by atoms with Crippen LogP contribution in [0.5, 0.6) is 0 Å². The van der Waals surface area contributed by atoms with Gasteiger partial charge in [0.25, 0.3) is 5.56 Å². The summed E-state index contributed by atoms with van der Waals surface area (Å²) in [5.74, 6) is 0. The number of anilines is 1. The van der Waals surface area contributed by atoms with Crippen molar-refractivity contribution in [1.82, 2.24) is 14.5 Å². The highest BCUT2D eigenvalue weighted by Gasteiger charge is 2.35. The molecule has 2 aromatic heterocycles. The molecule has 1 aliphatic rings. The zero-order valence-corrected chi connectivity index (χ0v) is 22.6. The fraction of sp³-hybridized carbons (Fsp3) is 0.625. The lowest BCUT2D eigenvalue weighted by Gasteiger charge is -2.30. The van der Waals surface area contributed by atoms with Crippen LogP contribution in [0.25, 0.3) is 11.0 Å². The molecule has 2 amide bonds. The number of sulfone groups is 1. The molecule has 0 bridgehead atoms. The van der Waals surface area contributed by atoms with Gasteiger partial charge in [-0.05, 0) is 54.4 Å². The Bertz CT molecular complexity index is 1300. The molecular weight excluding hydrogens is 488 g/mol. The average Bonchev–Trinajstić information content (AvgIpc) is 2.71. The fourth-order valence-electron chi connectivity index (χ4n) is 4.03. The Balaban J connectivity index is 2.33. The molecule has 36 heavy (non-hydrogen) atoms. The summed E-state index contributed by atoms with van der Waals surface area (Å²) in [4.78, 5) is 48.7. The van der Waals surface area contributed by atoms with Gasteiger partial charge in [0.1, 0.15) is 16.8 Å². The maximum atomic E-state index is 13.5. The first kappa shape index (κ1) is 27.6.